The van der Waals surface area contributed by atoms with Gasteiger partial charge >= 0.3 is 5.96 Å². The Morgan fingerprint density at radius 3 is 2.74 bits per heavy atom. The van der Waals surface area contributed by atoms with E-state index in [0.717, 1.165) is 5.56 Å². The van der Waals surface area contributed by atoms with Gasteiger partial charge in [0.25, 0.3) is 0 Å². The average molecular weight is 268 g/mol. The van der Waals surface area contributed by atoms with Crippen molar-refractivity contribution in [1.29, 1.82) is 0 Å². The van der Waals surface area contributed by atoms with Crippen molar-refractivity contribution in [3.05, 3.63) is 33.9 Å². The standard InChI is InChI=1S/C10H13N5O4/c1-18-8-4-3-7(5-9(8)19-2)6-12-13-10(11)14-15(16)17/h3-6H,1-2H3,(H3,11,13,14)/p+1. The van der Waals surface area contributed by atoms with Gasteiger partial charge in [-0.2, -0.15) is 0 Å². The normalized spacial score (nSPS) is 11.4. The number of hydrogen-bond donors (Lipinski definition) is 3. The SMILES string of the molecule is COc1ccc(C=[NH+]N=C(N)N[N+](=O)[O-])cc1OC. The van der Waals surface area contributed by atoms with Crippen molar-refractivity contribution in [3.63, 3.8) is 0 Å². The summed E-state index contributed by atoms with van der Waals surface area (Å²) < 4.78 is 10.2. The Kier molecular flexibility index (Phi) is 5.08. The average Bonchev–Trinajstić information content (AvgIpc) is 2.37. The molecule has 1 aromatic carbocycles. The lowest BCUT2D eigenvalue weighted by molar-refractivity contribution is -0.528. The van der Waals surface area contributed by atoms with Crippen LogP contribution in [0, 0.1) is 10.1 Å². The van der Waals surface area contributed by atoms with Crippen LogP contribution in [-0.4, -0.2) is 31.4 Å². The number of hydrazone groups is 1. The summed E-state index contributed by atoms with van der Waals surface area (Å²) in [7, 11) is 3.06. The first-order valence-corrected chi connectivity index (χ1v) is 5.11. The molecule has 0 atom stereocenters. The molecule has 4 N–H and O–H groups in total. The third-order valence-corrected chi connectivity index (χ3v) is 2.03. The van der Waals surface area contributed by atoms with Crippen molar-refractivity contribution in [2.75, 3.05) is 14.2 Å². The summed E-state index contributed by atoms with van der Waals surface area (Å²) in [5.41, 5.74) is 7.63. The molecular formula is C10H14N5O4+. The molecule has 0 aliphatic rings. The molecule has 0 saturated carbocycles. The summed E-state index contributed by atoms with van der Waals surface area (Å²) >= 11 is 0. The highest BCUT2D eigenvalue weighted by Crippen LogP contribution is 2.26. The van der Waals surface area contributed by atoms with Crippen molar-refractivity contribution in [2.24, 2.45) is 10.8 Å². The highest BCUT2D eigenvalue weighted by Gasteiger charge is 2.05. The van der Waals surface area contributed by atoms with Gasteiger partial charge in [-0.05, 0) is 18.2 Å². The number of nitrogens with one attached hydrogen (secondary N) is 2. The van der Waals surface area contributed by atoms with E-state index < -0.39 is 5.03 Å². The van der Waals surface area contributed by atoms with Gasteiger partial charge in [0, 0.05) is 10.7 Å². The fourth-order valence-electron chi connectivity index (χ4n) is 1.24. The van der Waals surface area contributed by atoms with Gasteiger partial charge in [-0.3, -0.25) is 0 Å². The Bertz CT molecular complexity index is 515. The molecule has 9 heteroatoms. The zero-order valence-corrected chi connectivity index (χ0v) is 10.4. The molecular weight excluding hydrogens is 254 g/mol. The second-order valence-electron chi connectivity index (χ2n) is 3.25. The first-order chi connectivity index (χ1) is 9.06. The molecule has 0 bridgehead atoms. The summed E-state index contributed by atoms with van der Waals surface area (Å²) in [5.74, 6) is 0.790. The molecule has 0 spiro atoms. The first-order valence-electron chi connectivity index (χ1n) is 5.11. The second-order valence-corrected chi connectivity index (χ2v) is 3.25. The maximum absolute atomic E-state index is 10.1. The molecule has 0 amide bonds. The molecule has 102 valence electrons. The Morgan fingerprint density at radius 1 is 1.47 bits per heavy atom. The van der Waals surface area contributed by atoms with Gasteiger partial charge in [0.15, 0.2) is 16.5 Å². The summed E-state index contributed by atoms with van der Waals surface area (Å²) in [6.45, 7) is 0. The number of hydrogen-bond acceptors (Lipinski definition) is 5. The predicted octanol–water partition coefficient (Wildman–Crippen LogP) is -1.79. The number of nitrogens with two attached hydrogens (primary N) is 1. The third-order valence-electron chi connectivity index (χ3n) is 2.03. The van der Waals surface area contributed by atoms with Gasteiger partial charge in [0.1, 0.15) is 0 Å². The molecule has 0 aliphatic carbocycles. The monoisotopic (exact) mass is 268 g/mol. The number of rotatable bonds is 5. The highest BCUT2D eigenvalue weighted by molar-refractivity contribution is 5.78. The largest absolute Gasteiger partial charge is 0.493 e. The Hall–Kier alpha value is -2.84. The maximum Gasteiger partial charge on any atom is 0.319 e. The minimum atomic E-state index is -0.809. The van der Waals surface area contributed by atoms with Crippen LogP contribution in [0.5, 0.6) is 11.5 Å². The zero-order valence-electron chi connectivity index (χ0n) is 10.4. The van der Waals surface area contributed by atoms with E-state index in [1.165, 1.54) is 20.4 Å². The topological polar surface area (TPSA) is 126 Å². The van der Waals surface area contributed by atoms with Crippen LogP contribution in [0.15, 0.2) is 23.3 Å². The van der Waals surface area contributed by atoms with Crippen LogP contribution < -0.4 is 25.7 Å². The molecule has 19 heavy (non-hydrogen) atoms. The van der Waals surface area contributed by atoms with E-state index in [4.69, 9.17) is 15.2 Å². The summed E-state index contributed by atoms with van der Waals surface area (Å²) in [4.78, 5) is 10.1. The van der Waals surface area contributed by atoms with Gasteiger partial charge in [-0.25, -0.2) is 10.1 Å². The van der Waals surface area contributed by atoms with E-state index in [9.17, 15) is 10.1 Å². The van der Waals surface area contributed by atoms with Gasteiger partial charge in [0.05, 0.1) is 14.2 Å². The number of benzene rings is 1. The van der Waals surface area contributed by atoms with Crippen LogP contribution in [0.25, 0.3) is 0 Å². The van der Waals surface area contributed by atoms with Gasteiger partial charge < -0.3 is 15.2 Å². The molecule has 0 heterocycles. The quantitative estimate of drug-likeness (QED) is 0.251. The van der Waals surface area contributed by atoms with Crippen LogP contribution in [0.3, 0.4) is 0 Å². The third kappa shape index (κ3) is 4.50. The van der Waals surface area contributed by atoms with Crippen molar-refractivity contribution >= 4 is 12.2 Å². The maximum atomic E-state index is 10.1. The van der Waals surface area contributed by atoms with Crippen molar-refractivity contribution in [1.82, 2.24) is 5.43 Å². The minimum Gasteiger partial charge on any atom is -0.493 e. The lowest BCUT2D eigenvalue weighted by atomic mass is 10.2. The molecule has 0 aromatic heterocycles. The van der Waals surface area contributed by atoms with Gasteiger partial charge in [-0.15, -0.1) is 5.10 Å². The number of guanidine groups is 1. The number of methoxy groups -OCH3 is 2. The molecule has 0 fully saturated rings. The van der Waals surface area contributed by atoms with Crippen LogP contribution in [-0.2, 0) is 0 Å². The lowest BCUT2D eigenvalue weighted by Crippen LogP contribution is -2.64. The fourth-order valence-corrected chi connectivity index (χ4v) is 1.24. The number of ether oxygens (including phenoxy) is 2. The van der Waals surface area contributed by atoms with Crippen LogP contribution in [0.1, 0.15) is 5.56 Å². The summed E-state index contributed by atoms with van der Waals surface area (Å²) in [6, 6.07) is 5.17. The first kappa shape index (κ1) is 14.2. The molecule has 1 rings (SSSR count). The van der Waals surface area contributed by atoms with Gasteiger partial charge in [-0.1, -0.05) is 5.43 Å². The van der Waals surface area contributed by atoms with E-state index in [1.807, 2.05) is 0 Å². The Labute approximate surface area is 108 Å². The lowest BCUT2D eigenvalue weighted by Gasteiger charge is -2.06. The van der Waals surface area contributed by atoms with Crippen LogP contribution in [0.4, 0.5) is 0 Å². The summed E-state index contributed by atoms with van der Waals surface area (Å²) in [5, 5.41) is 15.2. The van der Waals surface area contributed by atoms with Crippen molar-refractivity contribution in [2.45, 2.75) is 0 Å². The molecule has 9 nitrogen and oxygen atoms in total. The van der Waals surface area contributed by atoms with Crippen molar-refractivity contribution < 1.29 is 19.6 Å². The Morgan fingerprint density at radius 2 is 2.16 bits per heavy atom. The summed E-state index contributed by atoms with van der Waals surface area (Å²) in [6.07, 6.45) is 1.50. The molecule has 0 saturated heterocycles. The predicted molar refractivity (Wildman–Crippen MR) is 67.4 cm³/mol. The van der Waals surface area contributed by atoms with Crippen molar-refractivity contribution in [3.8, 4) is 11.5 Å². The van der Waals surface area contributed by atoms with E-state index in [0.29, 0.717) is 11.5 Å². The van der Waals surface area contributed by atoms with E-state index >= 15 is 0 Å². The number of nitrogens with zero attached hydrogens (tertiary/aromatic N) is 2. The van der Waals surface area contributed by atoms with E-state index in [2.05, 4.69) is 10.2 Å². The van der Waals surface area contributed by atoms with Crippen LogP contribution in [0.2, 0.25) is 0 Å². The molecule has 0 unspecified atom stereocenters. The van der Waals surface area contributed by atoms with Crippen LogP contribution >= 0.6 is 0 Å². The Balaban J connectivity index is 2.79. The highest BCUT2D eigenvalue weighted by atomic mass is 16.7. The second kappa shape index (κ2) is 6.79. The zero-order chi connectivity index (χ0) is 14.3. The van der Waals surface area contributed by atoms with E-state index in [1.54, 1.807) is 23.6 Å². The number of hydrazine groups is 1. The number of nitro groups is 1. The minimum absolute atomic E-state index is 0.360. The fraction of sp³-hybridized carbons (Fsp3) is 0.200. The molecule has 0 aliphatic heterocycles. The smallest absolute Gasteiger partial charge is 0.319 e. The molecule has 1 aromatic rings. The van der Waals surface area contributed by atoms with E-state index in [-0.39, 0.29) is 5.96 Å². The molecule has 0 radical (unpaired) electrons. The van der Waals surface area contributed by atoms with Gasteiger partial charge in [0.2, 0.25) is 6.21 Å².